The van der Waals surface area contributed by atoms with Gasteiger partial charge in [0.2, 0.25) is 0 Å². The first-order valence-electron chi connectivity index (χ1n) is 10.2. The van der Waals surface area contributed by atoms with Crippen molar-refractivity contribution < 1.29 is 9.59 Å². The van der Waals surface area contributed by atoms with Gasteiger partial charge in [-0.1, -0.05) is 51.8 Å². The molecule has 1 heterocycles. The Morgan fingerprint density at radius 1 is 0.857 bits per heavy atom. The second kappa shape index (κ2) is 8.59. The topological polar surface area (TPSA) is 49.4 Å². The van der Waals surface area contributed by atoms with Crippen LogP contribution in [-0.4, -0.2) is 29.8 Å². The predicted octanol–water partition coefficient (Wildman–Crippen LogP) is 5.25. The Balaban J connectivity index is 1.70. The molecule has 0 unspecified atom stereocenters. The highest BCUT2D eigenvalue weighted by Crippen LogP contribution is 2.23. The van der Waals surface area contributed by atoms with E-state index in [0.717, 1.165) is 25.9 Å². The van der Waals surface area contributed by atoms with Crippen molar-refractivity contribution in [2.45, 2.75) is 51.9 Å². The van der Waals surface area contributed by atoms with Gasteiger partial charge in [-0.15, -0.1) is 0 Å². The van der Waals surface area contributed by atoms with Crippen LogP contribution < -0.4 is 5.32 Å². The number of anilines is 1. The summed E-state index contributed by atoms with van der Waals surface area (Å²) in [7, 11) is 0. The molecule has 3 rings (SSSR count). The maximum absolute atomic E-state index is 12.8. The molecule has 0 saturated carbocycles. The summed E-state index contributed by atoms with van der Waals surface area (Å²) in [6.07, 6.45) is 4.50. The van der Waals surface area contributed by atoms with E-state index in [9.17, 15) is 9.59 Å². The molecule has 1 fully saturated rings. The average Bonchev–Trinajstić information content (AvgIpc) is 2.96. The van der Waals surface area contributed by atoms with E-state index in [4.69, 9.17) is 0 Å². The highest BCUT2D eigenvalue weighted by atomic mass is 16.2. The van der Waals surface area contributed by atoms with Crippen LogP contribution in [0.4, 0.5) is 5.69 Å². The van der Waals surface area contributed by atoms with Gasteiger partial charge >= 0.3 is 0 Å². The highest BCUT2D eigenvalue weighted by Gasteiger charge is 2.18. The van der Waals surface area contributed by atoms with Gasteiger partial charge in [0.15, 0.2) is 0 Å². The number of rotatable bonds is 3. The molecule has 1 saturated heterocycles. The summed E-state index contributed by atoms with van der Waals surface area (Å²) in [5.41, 5.74) is 3.12. The zero-order valence-electron chi connectivity index (χ0n) is 17.1. The van der Waals surface area contributed by atoms with Gasteiger partial charge in [0.25, 0.3) is 11.8 Å². The number of amides is 2. The highest BCUT2D eigenvalue weighted by molar-refractivity contribution is 6.05. The molecule has 0 spiro atoms. The number of carbonyl (C=O) groups is 2. The molecule has 4 nitrogen and oxygen atoms in total. The van der Waals surface area contributed by atoms with Crippen LogP contribution in [0.3, 0.4) is 0 Å². The number of hydrogen-bond donors (Lipinski definition) is 1. The number of likely N-dealkylation sites (tertiary alicyclic amines) is 1. The number of benzene rings is 2. The van der Waals surface area contributed by atoms with Crippen molar-refractivity contribution in [1.82, 2.24) is 4.90 Å². The van der Waals surface area contributed by atoms with Crippen molar-refractivity contribution in [1.29, 1.82) is 0 Å². The van der Waals surface area contributed by atoms with E-state index in [1.54, 1.807) is 6.07 Å². The fraction of sp³-hybridized carbons (Fsp3) is 0.417. The van der Waals surface area contributed by atoms with Crippen molar-refractivity contribution in [3.05, 3.63) is 65.2 Å². The lowest BCUT2D eigenvalue weighted by Gasteiger charge is -2.20. The maximum atomic E-state index is 12.8. The first-order chi connectivity index (χ1) is 13.3. The lowest BCUT2D eigenvalue weighted by atomic mass is 9.87. The third-order valence-electron chi connectivity index (χ3n) is 5.27. The number of hydrogen-bond acceptors (Lipinski definition) is 2. The third-order valence-corrected chi connectivity index (χ3v) is 5.27. The lowest BCUT2D eigenvalue weighted by Crippen LogP contribution is -2.31. The van der Waals surface area contributed by atoms with Gasteiger partial charge in [-0.05, 0) is 54.2 Å². The second-order valence-electron chi connectivity index (χ2n) is 8.57. The van der Waals surface area contributed by atoms with Crippen LogP contribution in [0.2, 0.25) is 0 Å². The zero-order chi connectivity index (χ0) is 20.1. The monoisotopic (exact) mass is 378 g/mol. The summed E-state index contributed by atoms with van der Waals surface area (Å²) in [6.45, 7) is 8.07. The molecule has 148 valence electrons. The minimum Gasteiger partial charge on any atom is -0.339 e. The van der Waals surface area contributed by atoms with Gasteiger partial charge in [-0.2, -0.15) is 0 Å². The number of nitrogens with zero attached hydrogens (tertiary/aromatic N) is 1. The molecule has 2 aromatic carbocycles. The summed E-state index contributed by atoms with van der Waals surface area (Å²) in [6, 6.07) is 14.9. The van der Waals surface area contributed by atoms with Crippen molar-refractivity contribution in [3.63, 3.8) is 0 Å². The van der Waals surface area contributed by atoms with E-state index in [1.807, 2.05) is 47.4 Å². The molecule has 0 atom stereocenters. The Labute approximate surface area is 167 Å². The predicted molar refractivity (Wildman–Crippen MR) is 114 cm³/mol. The molecular weight excluding hydrogens is 348 g/mol. The van der Waals surface area contributed by atoms with Gasteiger partial charge < -0.3 is 10.2 Å². The van der Waals surface area contributed by atoms with Gasteiger partial charge in [0, 0.05) is 29.9 Å². The summed E-state index contributed by atoms with van der Waals surface area (Å²) >= 11 is 0. The molecule has 1 aliphatic rings. The van der Waals surface area contributed by atoms with Crippen LogP contribution in [0.25, 0.3) is 0 Å². The Morgan fingerprint density at radius 2 is 1.50 bits per heavy atom. The van der Waals surface area contributed by atoms with E-state index < -0.39 is 0 Å². The van der Waals surface area contributed by atoms with E-state index >= 15 is 0 Å². The van der Waals surface area contributed by atoms with Crippen LogP contribution >= 0.6 is 0 Å². The summed E-state index contributed by atoms with van der Waals surface area (Å²) < 4.78 is 0. The van der Waals surface area contributed by atoms with Crippen LogP contribution in [0.15, 0.2) is 48.5 Å². The van der Waals surface area contributed by atoms with Crippen molar-refractivity contribution in [3.8, 4) is 0 Å². The molecule has 4 heteroatoms. The molecule has 0 aliphatic carbocycles. The van der Waals surface area contributed by atoms with Crippen molar-refractivity contribution in [2.24, 2.45) is 0 Å². The molecular formula is C24H30N2O2. The first-order valence-corrected chi connectivity index (χ1v) is 10.2. The maximum Gasteiger partial charge on any atom is 0.255 e. The summed E-state index contributed by atoms with van der Waals surface area (Å²) in [4.78, 5) is 27.3. The number of nitrogens with one attached hydrogen (secondary N) is 1. The first kappa shape index (κ1) is 20.1. The fourth-order valence-corrected chi connectivity index (χ4v) is 3.51. The van der Waals surface area contributed by atoms with Crippen LogP contribution in [-0.2, 0) is 5.41 Å². The standard InChI is InChI=1S/C24H30N2O2/c1-24(2,3)20-13-11-18(12-14-20)22(27)25-21-10-8-9-19(17-21)23(28)26-15-6-4-5-7-16-26/h8-14,17H,4-7,15-16H2,1-3H3,(H,25,27). The average molecular weight is 379 g/mol. The van der Waals surface area contributed by atoms with E-state index in [1.165, 1.54) is 18.4 Å². The minimum absolute atomic E-state index is 0.0486. The van der Waals surface area contributed by atoms with E-state index in [2.05, 4.69) is 26.1 Å². The zero-order valence-corrected chi connectivity index (χ0v) is 17.1. The summed E-state index contributed by atoms with van der Waals surface area (Å²) in [5, 5.41) is 2.92. The van der Waals surface area contributed by atoms with Crippen molar-refractivity contribution in [2.75, 3.05) is 18.4 Å². The van der Waals surface area contributed by atoms with Gasteiger partial charge in [0.05, 0.1) is 0 Å². The molecule has 0 bridgehead atoms. The SMILES string of the molecule is CC(C)(C)c1ccc(C(=O)Nc2cccc(C(=O)N3CCCCCC3)c2)cc1. The largest absolute Gasteiger partial charge is 0.339 e. The molecule has 0 aromatic heterocycles. The quantitative estimate of drug-likeness (QED) is 0.793. The number of carbonyl (C=O) groups excluding carboxylic acids is 2. The molecule has 2 aromatic rings. The lowest BCUT2D eigenvalue weighted by molar-refractivity contribution is 0.0761. The Morgan fingerprint density at radius 3 is 2.11 bits per heavy atom. The van der Waals surface area contributed by atoms with Crippen LogP contribution in [0.1, 0.15) is 72.7 Å². The Bertz CT molecular complexity index is 826. The van der Waals surface area contributed by atoms with Gasteiger partial charge in [0.1, 0.15) is 0 Å². The Kier molecular flexibility index (Phi) is 6.18. The normalized spacial score (nSPS) is 15.0. The van der Waals surface area contributed by atoms with Gasteiger partial charge in [-0.3, -0.25) is 9.59 Å². The minimum atomic E-state index is -0.167. The van der Waals surface area contributed by atoms with Gasteiger partial charge in [-0.25, -0.2) is 0 Å². The van der Waals surface area contributed by atoms with Crippen LogP contribution in [0, 0.1) is 0 Å². The molecule has 0 radical (unpaired) electrons. The second-order valence-corrected chi connectivity index (χ2v) is 8.57. The molecule has 1 N–H and O–H groups in total. The molecule has 28 heavy (non-hydrogen) atoms. The molecule has 1 aliphatic heterocycles. The van der Waals surface area contributed by atoms with Crippen molar-refractivity contribution >= 4 is 17.5 Å². The Hall–Kier alpha value is -2.62. The molecule has 2 amide bonds. The summed E-state index contributed by atoms with van der Waals surface area (Å²) in [5.74, 6) is -0.118. The smallest absolute Gasteiger partial charge is 0.255 e. The van der Waals surface area contributed by atoms with E-state index in [0.29, 0.717) is 16.8 Å². The fourth-order valence-electron chi connectivity index (χ4n) is 3.51. The third kappa shape index (κ3) is 5.00. The van der Waals surface area contributed by atoms with E-state index in [-0.39, 0.29) is 17.2 Å². The van der Waals surface area contributed by atoms with Crippen LogP contribution in [0.5, 0.6) is 0 Å².